The normalized spacial score (nSPS) is 12.2. The van der Waals surface area contributed by atoms with E-state index in [1.54, 1.807) is 6.92 Å². The van der Waals surface area contributed by atoms with Gasteiger partial charge < -0.3 is 4.43 Å². The third-order valence-electron chi connectivity index (χ3n) is 0.766. The van der Waals surface area contributed by atoms with E-state index in [1.807, 2.05) is 0 Å². The highest BCUT2D eigenvalue weighted by Gasteiger charge is 2.15. The van der Waals surface area contributed by atoms with Crippen LogP contribution in [0.1, 0.15) is 6.92 Å². The third kappa shape index (κ3) is 7.03. The van der Waals surface area contributed by atoms with Gasteiger partial charge in [0.15, 0.2) is 0 Å². The molecule has 0 saturated heterocycles. The first kappa shape index (κ1) is 10.1. The van der Waals surface area contributed by atoms with Gasteiger partial charge in [-0.3, -0.25) is 0 Å². The molecule has 0 aromatic heterocycles. The van der Waals surface area contributed by atoms with Crippen LogP contribution in [0.5, 0.6) is 0 Å². The maximum Gasteiger partial charge on any atom is 0.241 e. The molecule has 0 saturated carbocycles. The van der Waals surface area contributed by atoms with Gasteiger partial charge in [0.1, 0.15) is 0 Å². The molecule has 62 valence electrons. The summed E-state index contributed by atoms with van der Waals surface area (Å²) in [5.74, 6) is 0.674. The minimum atomic E-state index is -1.53. The SMILES string of the molecule is C/C(=C\N=C=O)O[Si](C)(C)C. The average molecular weight is 171 g/mol. The van der Waals surface area contributed by atoms with Crippen molar-refractivity contribution in [2.45, 2.75) is 26.6 Å². The van der Waals surface area contributed by atoms with Gasteiger partial charge >= 0.3 is 0 Å². The number of allylic oxidation sites excluding steroid dienone is 1. The number of isocyanates is 1. The molecule has 0 bridgehead atoms. The zero-order chi connectivity index (χ0) is 8.91. The molecule has 4 heteroatoms. The van der Waals surface area contributed by atoms with Gasteiger partial charge in [-0.25, -0.2) is 4.79 Å². The molecule has 0 aliphatic rings. The van der Waals surface area contributed by atoms with E-state index in [0.717, 1.165) is 0 Å². The Kier molecular flexibility index (Phi) is 3.78. The second kappa shape index (κ2) is 4.11. The lowest BCUT2D eigenvalue weighted by molar-refractivity contribution is 0.422. The van der Waals surface area contributed by atoms with Crippen LogP contribution in [0.25, 0.3) is 0 Å². The Bertz CT molecular complexity index is 199. The molecular formula is C7H13NO2Si. The van der Waals surface area contributed by atoms with E-state index in [9.17, 15) is 4.79 Å². The first-order valence-electron chi connectivity index (χ1n) is 3.38. The van der Waals surface area contributed by atoms with Gasteiger partial charge in [0, 0.05) is 0 Å². The molecular weight excluding hydrogens is 158 g/mol. The summed E-state index contributed by atoms with van der Waals surface area (Å²) in [4.78, 5) is 13.0. The molecule has 0 heterocycles. The molecule has 0 spiro atoms. The standard InChI is InChI=1S/C7H13NO2Si/c1-7(5-8-6-9)10-11(2,3)4/h5H,1-4H3/b7-5+. The number of rotatable bonds is 3. The van der Waals surface area contributed by atoms with Crippen LogP contribution in [0, 0.1) is 0 Å². The predicted octanol–water partition coefficient (Wildman–Crippen LogP) is 2.04. The number of nitrogens with zero attached hydrogens (tertiary/aromatic N) is 1. The highest BCUT2D eigenvalue weighted by atomic mass is 28.4. The van der Waals surface area contributed by atoms with Crippen molar-refractivity contribution in [2.75, 3.05) is 0 Å². The molecule has 0 aliphatic carbocycles. The van der Waals surface area contributed by atoms with Gasteiger partial charge in [-0.2, -0.15) is 4.99 Å². The molecule has 11 heavy (non-hydrogen) atoms. The van der Waals surface area contributed by atoms with Gasteiger partial charge in [0.25, 0.3) is 0 Å². The zero-order valence-electron chi connectivity index (χ0n) is 7.34. The fraction of sp³-hybridized carbons (Fsp3) is 0.571. The third-order valence-corrected chi connectivity index (χ3v) is 1.70. The van der Waals surface area contributed by atoms with E-state index in [4.69, 9.17) is 4.43 Å². The van der Waals surface area contributed by atoms with Crippen LogP contribution in [0.15, 0.2) is 17.0 Å². The number of carbonyl (C=O) groups excluding carboxylic acids is 1. The summed E-state index contributed by atoms with van der Waals surface area (Å²) in [5.41, 5.74) is 0. The molecule has 0 aromatic rings. The van der Waals surface area contributed by atoms with Gasteiger partial charge in [-0.05, 0) is 26.6 Å². The number of hydrogen-bond acceptors (Lipinski definition) is 3. The first-order chi connectivity index (χ1) is 4.95. The molecule has 0 N–H and O–H groups in total. The van der Waals surface area contributed by atoms with Crippen molar-refractivity contribution >= 4 is 14.4 Å². The largest absolute Gasteiger partial charge is 0.546 e. The van der Waals surface area contributed by atoms with E-state index in [2.05, 4.69) is 24.6 Å². The lowest BCUT2D eigenvalue weighted by Gasteiger charge is -2.18. The fourth-order valence-corrected chi connectivity index (χ4v) is 1.65. The summed E-state index contributed by atoms with van der Waals surface area (Å²) in [6.07, 6.45) is 2.80. The Balaban J connectivity index is 4.06. The molecule has 0 aromatic carbocycles. The van der Waals surface area contributed by atoms with Crippen LogP contribution in [0.2, 0.25) is 19.6 Å². The average Bonchev–Trinajstić information content (AvgIpc) is 1.79. The molecule has 0 fully saturated rings. The predicted molar refractivity (Wildman–Crippen MR) is 46.3 cm³/mol. The topological polar surface area (TPSA) is 38.7 Å². The Labute approximate surface area is 67.9 Å². The quantitative estimate of drug-likeness (QED) is 0.282. The van der Waals surface area contributed by atoms with E-state index >= 15 is 0 Å². The van der Waals surface area contributed by atoms with Crippen molar-refractivity contribution in [1.82, 2.24) is 0 Å². The molecule has 0 radical (unpaired) electrons. The van der Waals surface area contributed by atoms with Gasteiger partial charge in [-0.1, -0.05) is 0 Å². The van der Waals surface area contributed by atoms with Crippen molar-refractivity contribution in [3.05, 3.63) is 12.0 Å². The lowest BCUT2D eigenvalue weighted by Crippen LogP contribution is -2.23. The van der Waals surface area contributed by atoms with Crippen LogP contribution in [-0.2, 0) is 9.22 Å². The van der Waals surface area contributed by atoms with Gasteiger partial charge in [0.05, 0.1) is 12.0 Å². The van der Waals surface area contributed by atoms with Crippen LogP contribution in [-0.4, -0.2) is 14.4 Å². The van der Waals surface area contributed by atoms with Crippen molar-refractivity contribution in [2.24, 2.45) is 4.99 Å². The van der Waals surface area contributed by atoms with Crippen LogP contribution in [0.4, 0.5) is 0 Å². The minimum absolute atomic E-state index is 0.674. The Morgan fingerprint density at radius 3 is 2.45 bits per heavy atom. The number of hydrogen-bond donors (Lipinski definition) is 0. The smallest absolute Gasteiger partial charge is 0.241 e. The molecule has 0 amide bonds. The van der Waals surface area contributed by atoms with E-state index in [1.165, 1.54) is 12.3 Å². The summed E-state index contributed by atoms with van der Waals surface area (Å²) >= 11 is 0. The molecule has 0 unspecified atom stereocenters. The molecule has 0 atom stereocenters. The van der Waals surface area contributed by atoms with E-state index < -0.39 is 8.32 Å². The Hall–Kier alpha value is -0.863. The Morgan fingerprint density at radius 2 is 2.09 bits per heavy atom. The summed E-state index contributed by atoms with van der Waals surface area (Å²) < 4.78 is 5.47. The van der Waals surface area contributed by atoms with E-state index in [0.29, 0.717) is 5.76 Å². The molecule has 0 rings (SSSR count). The zero-order valence-corrected chi connectivity index (χ0v) is 8.34. The van der Waals surface area contributed by atoms with Gasteiger partial charge in [-0.15, -0.1) is 0 Å². The molecule has 3 nitrogen and oxygen atoms in total. The van der Waals surface area contributed by atoms with Crippen LogP contribution < -0.4 is 0 Å². The summed E-state index contributed by atoms with van der Waals surface area (Å²) in [6.45, 7) is 7.97. The minimum Gasteiger partial charge on any atom is -0.546 e. The monoisotopic (exact) mass is 171 g/mol. The highest BCUT2D eigenvalue weighted by Crippen LogP contribution is 2.08. The molecule has 0 aliphatic heterocycles. The van der Waals surface area contributed by atoms with Crippen molar-refractivity contribution in [3.63, 3.8) is 0 Å². The van der Waals surface area contributed by atoms with Crippen LogP contribution in [0.3, 0.4) is 0 Å². The van der Waals surface area contributed by atoms with E-state index in [-0.39, 0.29) is 0 Å². The maximum atomic E-state index is 9.69. The maximum absolute atomic E-state index is 9.69. The van der Waals surface area contributed by atoms with Crippen LogP contribution >= 0.6 is 0 Å². The van der Waals surface area contributed by atoms with Crippen molar-refractivity contribution < 1.29 is 9.22 Å². The van der Waals surface area contributed by atoms with Gasteiger partial charge in [0.2, 0.25) is 14.4 Å². The summed E-state index contributed by atoms with van der Waals surface area (Å²) in [5, 5.41) is 0. The fourth-order valence-electron chi connectivity index (χ4n) is 0.627. The first-order valence-corrected chi connectivity index (χ1v) is 6.79. The second-order valence-electron chi connectivity index (χ2n) is 3.17. The number of aliphatic imine (C=N–C) groups is 1. The highest BCUT2D eigenvalue weighted by molar-refractivity contribution is 6.70. The summed E-state index contributed by atoms with van der Waals surface area (Å²) in [6, 6.07) is 0. The Morgan fingerprint density at radius 1 is 1.55 bits per heavy atom. The second-order valence-corrected chi connectivity index (χ2v) is 7.60. The van der Waals surface area contributed by atoms with Crippen molar-refractivity contribution in [1.29, 1.82) is 0 Å². The summed E-state index contributed by atoms with van der Waals surface area (Å²) in [7, 11) is -1.53. The lowest BCUT2D eigenvalue weighted by atomic mass is 10.6. The van der Waals surface area contributed by atoms with Crippen molar-refractivity contribution in [3.8, 4) is 0 Å².